The minimum absolute atomic E-state index is 0.231. The molecule has 20 heavy (non-hydrogen) atoms. The van der Waals surface area contributed by atoms with Crippen LogP contribution in [0.2, 0.25) is 0 Å². The van der Waals surface area contributed by atoms with Gasteiger partial charge in [-0.05, 0) is 31.0 Å². The Hall–Kier alpha value is -2.37. The Morgan fingerprint density at radius 3 is 2.55 bits per heavy atom. The number of anilines is 1. The van der Waals surface area contributed by atoms with Crippen LogP contribution in [-0.4, -0.2) is 23.9 Å². The molecule has 1 aromatic carbocycles. The van der Waals surface area contributed by atoms with Gasteiger partial charge in [0.2, 0.25) is 0 Å². The standard InChI is InChI=1S/C14H15N3O3/c18-12-10-6-5-9(7-11(10)13(19)17-12)16-14(20)15-8-3-1-2-4-8/h5-8H,1-4H2,(H2,15,16,20)(H,17,18,19). The Kier molecular flexibility index (Phi) is 3.14. The smallest absolute Gasteiger partial charge is 0.319 e. The van der Waals surface area contributed by atoms with Crippen LogP contribution in [0.3, 0.4) is 0 Å². The first-order valence-corrected chi connectivity index (χ1v) is 6.71. The van der Waals surface area contributed by atoms with Crippen molar-refractivity contribution in [3.63, 3.8) is 0 Å². The molecule has 0 radical (unpaired) electrons. The summed E-state index contributed by atoms with van der Waals surface area (Å²) < 4.78 is 0. The maximum atomic E-state index is 11.8. The van der Waals surface area contributed by atoms with Gasteiger partial charge in [0.1, 0.15) is 0 Å². The summed E-state index contributed by atoms with van der Waals surface area (Å²) in [6, 6.07) is 4.63. The van der Waals surface area contributed by atoms with Crippen molar-refractivity contribution in [3.8, 4) is 0 Å². The highest BCUT2D eigenvalue weighted by Crippen LogP contribution is 2.21. The molecular formula is C14H15N3O3. The van der Waals surface area contributed by atoms with E-state index >= 15 is 0 Å². The predicted molar refractivity (Wildman–Crippen MR) is 72.6 cm³/mol. The van der Waals surface area contributed by atoms with E-state index in [0.717, 1.165) is 25.7 Å². The summed E-state index contributed by atoms with van der Waals surface area (Å²) in [5.41, 5.74) is 1.15. The van der Waals surface area contributed by atoms with Crippen LogP contribution >= 0.6 is 0 Å². The van der Waals surface area contributed by atoms with Crippen LogP contribution in [0.25, 0.3) is 0 Å². The van der Waals surface area contributed by atoms with Crippen LogP contribution in [0.4, 0.5) is 10.5 Å². The molecule has 0 spiro atoms. The molecule has 1 aliphatic carbocycles. The van der Waals surface area contributed by atoms with Crippen LogP contribution in [0.15, 0.2) is 18.2 Å². The number of nitrogens with one attached hydrogen (secondary N) is 3. The van der Waals surface area contributed by atoms with E-state index < -0.39 is 11.8 Å². The van der Waals surface area contributed by atoms with E-state index in [0.29, 0.717) is 16.8 Å². The first-order chi connectivity index (χ1) is 9.63. The summed E-state index contributed by atoms with van der Waals surface area (Å²) in [6.07, 6.45) is 4.31. The molecule has 3 rings (SSSR count). The number of hydrogen-bond donors (Lipinski definition) is 3. The molecule has 1 aliphatic heterocycles. The topological polar surface area (TPSA) is 87.3 Å². The maximum absolute atomic E-state index is 11.8. The molecule has 1 heterocycles. The number of rotatable bonds is 2. The number of amides is 4. The first kappa shape index (κ1) is 12.7. The Morgan fingerprint density at radius 2 is 1.80 bits per heavy atom. The monoisotopic (exact) mass is 273 g/mol. The van der Waals surface area contributed by atoms with Crippen molar-refractivity contribution in [1.82, 2.24) is 10.6 Å². The maximum Gasteiger partial charge on any atom is 0.319 e. The lowest BCUT2D eigenvalue weighted by Crippen LogP contribution is -2.36. The van der Waals surface area contributed by atoms with Gasteiger partial charge >= 0.3 is 6.03 Å². The number of carbonyl (C=O) groups is 3. The lowest BCUT2D eigenvalue weighted by molar-refractivity contribution is 0.0879. The van der Waals surface area contributed by atoms with Crippen molar-refractivity contribution in [2.45, 2.75) is 31.7 Å². The summed E-state index contributed by atoms with van der Waals surface area (Å²) in [5.74, 6) is -0.822. The minimum atomic E-state index is -0.426. The van der Waals surface area contributed by atoms with Crippen molar-refractivity contribution in [3.05, 3.63) is 29.3 Å². The van der Waals surface area contributed by atoms with Gasteiger partial charge in [-0.1, -0.05) is 12.8 Å². The molecule has 0 saturated heterocycles. The lowest BCUT2D eigenvalue weighted by atomic mass is 10.1. The van der Waals surface area contributed by atoms with Crippen LogP contribution in [-0.2, 0) is 0 Å². The molecule has 0 bridgehead atoms. The number of hydrogen-bond acceptors (Lipinski definition) is 3. The van der Waals surface area contributed by atoms with E-state index in [2.05, 4.69) is 16.0 Å². The molecule has 1 saturated carbocycles. The van der Waals surface area contributed by atoms with Crippen molar-refractivity contribution in [2.24, 2.45) is 0 Å². The molecule has 6 heteroatoms. The van der Waals surface area contributed by atoms with Gasteiger partial charge in [0.15, 0.2) is 0 Å². The van der Waals surface area contributed by atoms with Gasteiger partial charge in [0.05, 0.1) is 11.1 Å². The third-order valence-electron chi connectivity index (χ3n) is 3.68. The Bertz CT molecular complexity index is 591. The van der Waals surface area contributed by atoms with Crippen LogP contribution in [0.5, 0.6) is 0 Å². The second-order valence-corrected chi connectivity index (χ2v) is 5.12. The summed E-state index contributed by atoms with van der Waals surface area (Å²) in [4.78, 5) is 34.8. The molecule has 1 fully saturated rings. The number of benzene rings is 1. The van der Waals surface area contributed by atoms with Gasteiger partial charge in [-0.25, -0.2) is 4.79 Å². The zero-order valence-electron chi connectivity index (χ0n) is 10.9. The van der Waals surface area contributed by atoms with Crippen molar-refractivity contribution < 1.29 is 14.4 Å². The average Bonchev–Trinajstić information content (AvgIpc) is 2.99. The van der Waals surface area contributed by atoms with Crippen LogP contribution in [0.1, 0.15) is 46.4 Å². The lowest BCUT2D eigenvalue weighted by Gasteiger charge is -2.13. The van der Waals surface area contributed by atoms with Crippen LogP contribution in [0, 0.1) is 0 Å². The second kappa shape index (κ2) is 4.96. The largest absolute Gasteiger partial charge is 0.335 e. The van der Waals surface area contributed by atoms with Crippen molar-refractivity contribution >= 4 is 23.5 Å². The molecule has 3 N–H and O–H groups in total. The number of imide groups is 1. The van der Waals surface area contributed by atoms with E-state index in [1.807, 2.05) is 0 Å². The normalized spacial score (nSPS) is 17.8. The van der Waals surface area contributed by atoms with Crippen LogP contribution < -0.4 is 16.0 Å². The quantitative estimate of drug-likeness (QED) is 0.716. The van der Waals surface area contributed by atoms with Crippen molar-refractivity contribution in [2.75, 3.05) is 5.32 Å². The Balaban J connectivity index is 1.69. The third kappa shape index (κ3) is 2.36. The molecule has 6 nitrogen and oxygen atoms in total. The summed E-state index contributed by atoms with van der Waals surface area (Å²) in [5, 5.41) is 7.81. The SMILES string of the molecule is O=C(Nc1ccc2c(c1)C(=O)NC2=O)NC1CCCC1. The van der Waals surface area contributed by atoms with Gasteiger partial charge in [0, 0.05) is 11.7 Å². The number of urea groups is 1. The van der Waals surface area contributed by atoms with Gasteiger partial charge in [-0.15, -0.1) is 0 Å². The van der Waals surface area contributed by atoms with E-state index in [1.54, 1.807) is 12.1 Å². The fraction of sp³-hybridized carbons (Fsp3) is 0.357. The van der Waals surface area contributed by atoms with Gasteiger partial charge in [-0.3, -0.25) is 14.9 Å². The van der Waals surface area contributed by atoms with Gasteiger partial charge < -0.3 is 10.6 Å². The summed E-state index contributed by atoms with van der Waals surface area (Å²) in [6.45, 7) is 0. The fourth-order valence-corrected chi connectivity index (χ4v) is 2.67. The molecule has 0 unspecified atom stereocenters. The van der Waals surface area contributed by atoms with E-state index in [1.165, 1.54) is 6.07 Å². The first-order valence-electron chi connectivity index (χ1n) is 6.71. The predicted octanol–water partition coefficient (Wildman–Crippen LogP) is 1.63. The van der Waals surface area contributed by atoms with E-state index in [-0.39, 0.29) is 12.1 Å². The van der Waals surface area contributed by atoms with E-state index in [9.17, 15) is 14.4 Å². The Labute approximate surface area is 115 Å². The Morgan fingerprint density at radius 1 is 1.10 bits per heavy atom. The highest BCUT2D eigenvalue weighted by molar-refractivity contribution is 6.21. The molecule has 0 aromatic heterocycles. The summed E-state index contributed by atoms with van der Waals surface area (Å²) in [7, 11) is 0. The van der Waals surface area contributed by atoms with Gasteiger partial charge in [0.25, 0.3) is 11.8 Å². The fourth-order valence-electron chi connectivity index (χ4n) is 2.67. The molecule has 0 atom stereocenters. The van der Waals surface area contributed by atoms with E-state index in [4.69, 9.17) is 0 Å². The molecule has 4 amide bonds. The zero-order valence-corrected chi connectivity index (χ0v) is 10.9. The highest BCUT2D eigenvalue weighted by Gasteiger charge is 2.27. The number of carbonyl (C=O) groups excluding carboxylic acids is 3. The molecule has 1 aromatic rings. The summed E-state index contributed by atoms with van der Waals surface area (Å²) >= 11 is 0. The number of fused-ring (bicyclic) bond motifs is 1. The van der Waals surface area contributed by atoms with Crippen molar-refractivity contribution in [1.29, 1.82) is 0 Å². The minimum Gasteiger partial charge on any atom is -0.335 e. The molecule has 104 valence electrons. The average molecular weight is 273 g/mol. The van der Waals surface area contributed by atoms with Gasteiger partial charge in [-0.2, -0.15) is 0 Å². The molecular weight excluding hydrogens is 258 g/mol. The molecule has 2 aliphatic rings. The second-order valence-electron chi connectivity index (χ2n) is 5.12. The third-order valence-corrected chi connectivity index (χ3v) is 3.68. The highest BCUT2D eigenvalue weighted by atomic mass is 16.2. The zero-order chi connectivity index (χ0) is 14.1.